The number of carboxylic acids is 1. The number of unbranched alkanes of at least 4 members (excludes halogenated alkanes) is 2. The summed E-state index contributed by atoms with van der Waals surface area (Å²) in [5.41, 5.74) is 2.23. The summed E-state index contributed by atoms with van der Waals surface area (Å²) in [6.07, 6.45) is 7.54. The van der Waals surface area contributed by atoms with Crippen LogP contribution in [0.4, 0.5) is 0 Å². The summed E-state index contributed by atoms with van der Waals surface area (Å²) in [6.45, 7) is 2.19. The lowest BCUT2D eigenvalue weighted by Crippen LogP contribution is -1.88. The number of hydrogen-bond acceptors (Lipinski definition) is 1. The number of aliphatic carboxylic acids is 1. The molecule has 0 aliphatic carbocycles. The van der Waals surface area contributed by atoms with E-state index >= 15 is 0 Å². The van der Waals surface area contributed by atoms with Gasteiger partial charge in [-0.25, -0.2) is 4.79 Å². The molecule has 0 bridgehead atoms. The SMILES string of the molecule is CCCCCc1cccc(/C=C/C(=O)O)c1. The second-order valence-electron chi connectivity index (χ2n) is 3.87. The molecule has 0 saturated heterocycles. The first-order valence-corrected chi connectivity index (χ1v) is 5.72. The zero-order chi connectivity index (χ0) is 11.8. The molecule has 0 fully saturated rings. The molecule has 2 nitrogen and oxygen atoms in total. The van der Waals surface area contributed by atoms with Gasteiger partial charge in [-0.05, 0) is 30.0 Å². The molecule has 1 N–H and O–H groups in total. The minimum Gasteiger partial charge on any atom is -0.478 e. The lowest BCUT2D eigenvalue weighted by molar-refractivity contribution is -0.131. The monoisotopic (exact) mass is 218 g/mol. The Balaban J connectivity index is 2.60. The maximum atomic E-state index is 10.4. The van der Waals surface area contributed by atoms with Gasteiger partial charge in [0.1, 0.15) is 0 Å². The molecule has 86 valence electrons. The molecule has 1 aromatic carbocycles. The molecular formula is C14H18O2. The van der Waals surface area contributed by atoms with Gasteiger partial charge in [-0.3, -0.25) is 0 Å². The fraction of sp³-hybridized carbons (Fsp3) is 0.357. The summed E-state index contributed by atoms with van der Waals surface area (Å²) in [7, 11) is 0. The second kappa shape index (κ2) is 6.83. The van der Waals surface area contributed by atoms with Crippen LogP contribution in [0.3, 0.4) is 0 Å². The highest BCUT2D eigenvalue weighted by Gasteiger charge is 1.95. The third-order valence-electron chi connectivity index (χ3n) is 2.44. The normalized spacial score (nSPS) is 10.8. The summed E-state index contributed by atoms with van der Waals surface area (Å²) in [6, 6.07) is 8.04. The van der Waals surface area contributed by atoms with Crippen LogP contribution in [0.2, 0.25) is 0 Å². The standard InChI is InChI=1S/C14H18O2/c1-2-3-4-6-12-7-5-8-13(11-12)9-10-14(15)16/h5,7-11H,2-4,6H2,1H3,(H,15,16)/b10-9+. The summed E-state index contributed by atoms with van der Waals surface area (Å²) < 4.78 is 0. The van der Waals surface area contributed by atoms with Gasteiger partial charge in [-0.1, -0.05) is 44.0 Å². The van der Waals surface area contributed by atoms with Crippen molar-refractivity contribution in [2.45, 2.75) is 32.6 Å². The van der Waals surface area contributed by atoms with Crippen LogP contribution in [0.15, 0.2) is 30.3 Å². The summed E-state index contributed by atoms with van der Waals surface area (Å²) in [4.78, 5) is 10.4. The number of rotatable bonds is 6. The molecule has 0 amide bonds. The van der Waals surface area contributed by atoms with Gasteiger partial charge in [0, 0.05) is 6.08 Å². The third-order valence-corrected chi connectivity index (χ3v) is 2.44. The topological polar surface area (TPSA) is 37.3 Å². The Morgan fingerprint density at radius 1 is 1.38 bits per heavy atom. The van der Waals surface area contributed by atoms with Crippen LogP contribution in [-0.4, -0.2) is 11.1 Å². The summed E-state index contributed by atoms with van der Waals surface area (Å²) >= 11 is 0. The van der Waals surface area contributed by atoms with Crippen molar-refractivity contribution in [3.8, 4) is 0 Å². The predicted molar refractivity (Wildman–Crippen MR) is 66.3 cm³/mol. The fourth-order valence-electron chi connectivity index (χ4n) is 1.60. The van der Waals surface area contributed by atoms with Gasteiger partial charge in [-0.15, -0.1) is 0 Å². The van der Waals surface area contributed by atoms with E-state index in [0.29, 0.717) is 0 Å². The average molecular weight is 218 g/mol. The van der Waals surface area contributed by atoms with Crippen molar-refractivity contribution >= 4 is 12.0 Å². The van der Waals surface area contributed by atoms with Crippen molar-refractivity contribution in [3.63, 3.8) is 0 Å². The molecule has 1 aromatic rings. The zero-order valence-electron chi connectivity index (χ0n) is 9.65. The first kappa shape index (κ1) is 12.5. The Morgan fingerprint density at radius 2 is 2.19 bits per heavy atom. The van der Waals surface area contributed by atoms with Crippen molar-refractivity contribution in [2.75, 3.05) is 0 Å². The lowest BCUT2D eigenvalue weighted by atomic mass is 10.0. The Bertz CT molecular complexity index is 367. The average Bonchev–Trinajstić information content (AvgIpc) is 2.27. The van der Waals surface area contributed by atoms with Crippen LogP contribution in [-0.2, 0) is 11.2 Å². The molecule has 0 atom stereocenters. The molecule has 0 spiro atoms. The van der Waals surface area contributed by atoms with E-state index < -0.39 is 5.97 Å². The van der Waals surface area contributed by atoms with E-state index in [1.165, 1.54) is 30.9 Å². The van der Waals surface area contributed by atoms with E-state index in [1.807, 2.05) is 12.1 Å². The van der Waals surface area contributed by atoms with Crippen LogP contribution < -0.4 is 0 Å². The number of carbonyl (C=O) groups is 1. The number of carboxylic acid groups (broad SMARTS) is 1. The summed E-state index contributed by atoms with van der Waals surface area (Å²) in [5.74, 6) is -0.906. The molecule has 1 rings (SSSR count). The molecular weight excluding hydrogens is 200 g/mol. The Morgan fingerprint density at radius 3 is 2.88 bits per heavy atom. The third kappa shape index (κ3) is 4.78. The minimum atomic E-state index is -0.906. The van der Waals surface area contributed by atoms with Gasteiger partial charge >= 0.3 is 5.97 Å². The van der Waals surface area contributed by atoms with Crippen molar-refractivity contribution in [2.24, 2.45) is 0 Å². The van der Waals surface area contributed by atoms with Gasteiger partial charge in [0.05, 0.1) is 0 Å². The van der Waals surface area contributed by atoms with Crippen molar-refractivity contribution in [3.05, 3.63) is 41.5 Å². The smallest absolute Gasteiger partial charge is 0.328 e. The van der Waals surface area contributed by atoms with E-state index in [-0.39, 0.29) is 0 Å². The highest BCUT2D eigenvalue weighted by atomic mass is 16.4. The van der Waals surface area contributed by atoms with Crippen LogP contribution in [0.5, 0.6) is 0 Å². The van der Waals surface area contributed by atoms with Crippen LogP contribution in [0.1, 0.15) is 37.3 Å². The minimum absolute atomic E-state index is 0.906. The molecule has 0 heterocycles. The molecule has 2 heteroatoms. The molecule has 0 radical (unpaired) electrons. The Kier molecular flexibility index (Phi) is 5.34. The number of aryl methyl sites for hydroxylation is 1. The lowest BCUT2D eigenvalue weighted by Gasteiger charge is -2.01. The van der Waals surface area contributed by atoms with E-state index in [2.05, 4.69) is 19.1 Å². The van der Waals surface area contributed by atoms with Crippen molar-refractivity contribution in [1.82, 2.24) is 0 Å². The van der Waals surface area contributed by atoms with Gasteiger partial charge < -0.3 is 5.11 Å². The van der Waals surface area contributed by atoms with Gasteiger partial charge in [-0.2, -0.15) is 0 Å². The largest absolute Gasteiger partial charge is 0.478 e. The maximum absolute atomic E-state index is 10.4. The van der Waals surface area contributed by atoms with Crippen molar-refractivity contribution < 1.29 is 9.90 Å². The molecule has 0 unspecified atom stereocenters. The highest BCUT2D eigenvalue weighted by molar-refractivity contribution is 5.85. The number of hydrogen-bond donors (Lipinski definition) is 1. The van der Waals surface area contributed by atoms with Gasteiger partial charge in [0.15, 0.2) is 0 Å². The molecule has 0 saturated carbocycles. The maximum Gasteiger partial charge on any atom is 0.328 e. The van der Waals surface area contributed by atoms with E-state index in [4.69, 9.17) is 5.11 Å². The first-order valence-electron chi connectivity index (χ1n) is 5.72. The fourth-order valence-corrected chi connectivity index (χ4v) is 1.60. The Hall–Kier alpha value is -1.57. The van der Waals surface area contributed by atoms with Gasteiger partial charge in [0.25, 0.3) is 0 Å². The van der Waals surface area contributed by atoms with Crippen LogP contribution in [0.25, 0.3) is 6.08 Å². The van der Waals surface area contributed by atoms with Crippen molar-refractivity contribution in [1.29, 1.82) is 0 Å². The quantitative estimate of drug-likeness (QED) is 0.586. The molecule has 0 aromatic heterocycles. The van der Waals surface area contributed by atoms with E-state index in [9.17, 15) is 4.79 Å². The zero-order valence-corrected chi connectivity index (χ0v) is 9.65. The predicted octanol–water partition coefficient (Wildman–Crippen LogP) is 3.52. The summed E-state index contributed by atoms with van der Waals surface area (Å²) in [5, 5.41) is 8.53. The van der Waals surface area contributed by atoms with E-state index in [1.54, 1.807) is 6.08 Å². The molecule has 16 heavy (non-hydrogen) atoms. The van der Waals surface area contributed by atoms with Crippen LogP contribution in [0, 0.1) is 0 Å². The Labute approximate surface area is 96.6 Å². The van der Waals surface area contributed by atoms with Gasteiger partial charge in [0.2, 0.25) is 0 Å². The van der Waals surface area contributed by atoms with E-state index in [0.717, 1.165) is 12.0 Å². The molecule has 0 aliphatic rings. The second-order valence-corrected chi connectivity index (χ2v) is 3.87. The van der Waals surface area contributed by atoms with Crippen LogP contribution >= 0.6 is 0 Å². The number of benzene rings is 1. The highest BCUT2D eigenvalue weighted by Crippen LogP contribution is 2.10. The molecule has 0 aliphatic heterocycles. The first-order chi connectivity index (χ1) is 7.72.